The summed E-state index contributed by atoms with van der Waals surface area (Å²) in [6, 6.07) is 4.88. The van der Waals surface area contributed by atoms with E-state index in [0.717, 1.165) is 12.8 Å². The van der Waals surface area contributed by atoms with Crippen molar-refractivity contribution in [2.45, 2.75) is 31.9 Å². The molecule has 0 amide bonds. The molecule has 2 atom stereocenters. The maximum atomic E-state index is 9.80. The van der Waals surface area contributed by atoms with E-state index in [0.29, 0.717) is 10.8 Å². The third kappa shape index (κ3) is 2.94. The third-order valence-corrected chi connectivity index (χ3v) is 2.28. The summed E-state index contributed by atoms with van der Waals surface area (Å²) in [7, 11) is 0. The van der Waals surface area contributed by atoms with Gasteiger partial charge in [-0.25, -0.2) is 4.98 Å². The molecule has 0 spiro atoms. The number of pyridine rings is 1. The summed E-state index contributed by atoms with van der Waals surface area (Å²) in [5.41, 5.74) is 6.32. The number of aliphatic hydroxyl groups is 1. The molecule has 14 heavy (non-hydrogen) atoms. The van der Waals surface area contributed by atoms with Crippen LogP contribution in [0.3, 0.4) is 0 Å². The molecule has 0 radical (unpaired) electrons. The van der Waals surface area contributed by atoms with Crippen LogP contribution in [0.4, 0.5) is 0 Å². The molecule has 2 unspecified atom stereocenters. The zero-order valence-electron chi connectivity index (χ0n) is 8.15. The van der Waals surface area contributed by atoms with Crippen LogP contribution in [0, 0.1) is 0 Å². The van der Waals surface area contributed by atoms with Gasteiger partial charge in [-0.15, -0.1) is 0 Å². The summed E-state index contributed by atoms with van der Waals surface area (Å²) in [6.07, 6.45) is 0.988. The van der Waals surface area contributed by atoms with E-state index in [1.165, 1.54) is 0 Å². The Balaban J connectivity index is 2.73. The van der Waals surface area contributed by atoms with Gasteiger partial charge < -0.3 is 10.8 Å². The second kappa shape index (κ2) is 5.29. The van der Waals surface area contributed by atoms with E-state index in [1.54, 1.807) is 18.2 Å². The minimum Gasteiger partial charge on any atom is -0.385 e. The van der Waals surface area contributed by atoms with E-state index in [9.17, 15) is 5.11 Å². The number of hydrogen-bond acceptors (Lipinski definition) is 3. The Bertz CT molecular complexity index is 293. The predicted molar refractivity (Wildman–Crippen MR) is 57.1 cm³/mol. The van der Waals surface area contributed by atoms with E-state index in [4.69, 9.17) is 17.3 Å². The lowest BCUT2D eigenvalue weighted by Gasteiger charge is -2.17. The number of nitrogens with zero attached hydrogens (tertiary/aromatic N) is 1. The summed E-state index contributed by atoms with van der Waals surface area (Å²) in [5, 5.41) is 10.2. The molecule has 0 bridgehead atoms. The first kappa shape index (κ1) is 11.4. The summed E-state index contributed by atoms with van der Waals surface area (Å²) < 4.78 is 0. The molecular weight excluding hydrogens is 200 g/mol. The van der Waals surface area contributed by atoms with Crippen molar-refractivity contribution in [3.05, 3.63) is 29.0 Å². The van der Waals surface area contributed by atoms with Gasteiger partial charge in [-0.2, -0.15) is 0 Å². The van der Waals surface area contributed by atoms with Crippen LogP contribution < -0.4 is 5.73 Å². The molecule has 0 aromatic carbocycles. The van der Waals surface area contributed by atoms with Gasteiger partial charge in [-0.3, -0.25) is 0 Å². The van der Waals surface area contributed by atoms with Gasteiger partial charge in [0.1, 0.15) is 11.3 Å². The molecule has 0 saturated carbocycles. The van der Waals surface area contributed by atoms with Crippen LogP contribution in [0.5, 0.6) is 0 Å². The molecule has 1 heterocycles. The van der Waals surface area contributed by atoms with Crippen LogP contribution in [0.1, 0.15) is 31.6 Å². The number of halogens is 1. The van der Waals surface area contributed by atoms with Crippen molar-refractivity contribution in [3.8, 4) is 0 Å². The Morgan fingerprint density at radius 2 is 2.29 bits per heavy atom. The van der Waals surface area contributed by atoms with Gasteiger partial charge in [0.05, 0.1) is 5.69 Å². The molecule has 3 N–H and O–H groups in total. The standard InChI is InChI=1S/C10H15ClN2O/c1-2-4-7(12)10(14)8-5-3-6-9(11)13-8/h3,5-7,10,14H,2,4,12H2,1H3. The van der Waals surface area contributed by atoms with Crippen LogP contribution >= 0.6 is 11.6 Å². The van der Waals surface area contributed by atoms with Crippen molar-refractivity contribution in [1.29, 1.82) is 0 Å². The number of rotatable bonds is 4. The monoisotopic (exact) mass is 214 g/mol. The Morgan fingerprint density at radius 3 is 2.86 bits per heavy atom. The number of aliphatic hydroxyl groups excluding tert-OH is 1. The summed E-state index contributed by atoms with van der Waals surface area (Å²) in [5.74, 6) is 0. The molecule has 0 saturated heterocycles. The first-order valence-electron chi connectivity index (χ1n) is 4.71. The number of nitrogens with two attached hydrogens (primary N) is 1. The molecule has 0 fully saturated rings. The van der Waals surface area contributed by atoms with Crippen LogP contribution in [-0.4, -0.2) is 16.1 Å². The average molecular weight is 215 g/mol. The van der Waals surface area contributed by atoms with Gasteiger partial charge in [-0.1, -0.05) is 31.0 Å². The summed E-state index contributed by atoms with van der Waals surface area (Å²) in [6.45, 7) is 2.03. The number of hydrogen-bond donors (Lipinski definition) is 2. The van der Waals surface area contributed by atoms with Crippen LogP contribution in [0.25, 0.3) is 0 Å². The fourth-order valence-corrected chi connectivity index (χ4v) is 1.47. The highest BCUT2D eigenvalue weighted by Gasteiger charge is 2.17. The molecular formula is C10H15ClN2O. The Labute approximate surface area is 88.9 Å². The highest BCUT2D eigenvalue weighted by atomic mass is 35.5. The van der Waals surface area contributed by atoms with Crippen LogP contribution in [0.2, 0.25) is 5.15 Å². The van der Waals surface area contributed by atoms with Gasteiger partial charge >= 0.3 is 0 Å². The summed E-state index contributed by atoms with van der Waals surface area (Å²) >= 11 is 5.71. The van der Waals surface area contributed by atoms with Crippen molar-refractivity contribution in [1.82, 2.24) is 4.98 Å². The molecule has 4 heteroatoms. The van der Waals surface area contributed by atoms with Crippen LogP contribution in [0.15, 0.2) is 18.2 Å². The average Bonchev–Trinajstić information content (AvgIpc) is 2.17. The van der Waals surface area contributed by atoms with E-state index in [2.05, 4.69) is 4.98 Å². The van der Waals surface area contributed by atoms with Crippen molar-refractivity contribution in [2.24, 2.45) is 5.73 Å². The number of aromatic nitrogens is 1. The van der Waals surface area contributed by atoms with Gasteiger partial charge in [0, 0.05) is 6.04 Å². The second-order valence-electron chi connectivity index (χ2n) is 3.28. The zero-order chi connectivity index (χ0) is 10.6. The minimum absolute atomic E-state index is 0.272. The minimum atomic E-state index is -0.728. The van der Waals surface area contributed by atoms with E-state index in [1.807, 2.05) is 6.92 Å². The molecule has 0 aliphatic rings. The van der Waals surface area contributed by atoms with E-state index < -0.39 is 6.10 Å². The SMILES string of the molecule is CCCC(N)C(O)c1cccc(Cl)n1. The molecule has 1 aromatic rings. The van der Waals surface area contributed by atoms with Crippen molar-refractivity contribution in [2.75, 3.05) is 0 Å². The molecule has 1 aromatic heterocycles. The van der Waals surface area contributed by atoms with Gasteiger partial charge in [0.15, 0.2) is 0 Å². The quantitative estimate of drug-likeness (QED) is 0.753. The van der Waals surface area contributed by atoms with Crippen molar-refractivity contribution in [3.63, 3.8) is 0 Å². The van der Waals surface area contributed by atoms with E-state index in [-0.39, 0.29) is 6.04 Å². The Hall–Kier alpha value is -0.640. The molecule has 0 aliphatic carbocycles. The smallest absolute Gasteiger partial charge is 0.129 e. The highest BCUT2D eigenvalue weighted by Crippen LogP contribution is 2.17. The van der Waals surface area contributed by atoms with Gasteiger partial charge in [0.2, 0.25) is 0 Å². The van der Waals surface area contributed by atoms with Crippen LogP contribution in [-0.2, 0) is 0 Å². The first-order valence-corrected chi connectivity index (χ1v) is 5.09. The molecule has 1 rings (SSSR count). The van der Waals surface area contributed by atoms with E-state index >= 15 is 0 Å². The highest BCUT2D eigenvalue weighted by molar-refractivity contribution is 6.29. The molecule has 3 nitrogen and oxygen atoms in total. The summed E-state index contributed by atoms with van der Waals surface area (Å²) in [4.78, 5) is 4.01. The Morgan fingerprint density at radius 1 is 1.57 bits per heavy atom. The fourth-order valence-electron chi connectivity index (χ4n) is 1.30. The molecule has 78 valence electrons. The predicted octanol–water partition coefficient (Wildman–Crippen LogP) is 1.90. The Kier molecular flexibility index (Phi) is 4.32. The van der Waals surface area contributed by atoms with Gasteiger partial charge in [0.25, 0.3) is 0 Å². The molecule has 0 aliphatic heterocycles. The maximum Gasteiger partial charge on any atom is 0.129 e. The topological polar surface area (TPSA) is 59.1 Å². The van der Waals surface area contributed by atoms with Gasteiger partial charge in [-0.05, 0) is 18.6 Å². The zero-order valence-corrected chi connectivity index (χ0v) is 8.91. The lowest BCUT2D eigenvalue weighted by Crippen LogP contribution is -2.28. The fraction of sp³-hybridized carbons (Fsp3) is 0.500. The maximum absolute atomic E-state index is 9.80. The largest absolute Gasteiger partial charge is 0.385 e. The first-order chi connectivity index (χ1) is 6.65. The van der Waals surface area contributed by atoms with Crippen molar-refractivity contribution < 1.29 is 5.11 Å². The lowest BCUT2D eigenvalue weighted by atomic mass is 10.0. The third-order valence-electron chi connectivity index (χ3n) is 2.07. The normalized spacial score (nSPS) is 15.1. The van der Waals surface area contributed by atoms with Crippen molar-refractivity contribution >= 4 is 11.6 Å². The second-order valence-corrected chi connectivity index (χ2v) is 3.67. The lowest BCUT2D eigenvalue weighted by molar-refractivity contribution is 0.137.